The second-order valence-corrected chi connectivity index (χ2v) is 4.64. The van der Waals surface area contributed by atoms with E-state index in [1.54, 1.807) is 11.9 Å². The molecule has 1 aromatic heterocycles. The number of halogens is 3. The van der Waals surface area contributed by atoms with Crippen LogP contribution in [0.25, 0.3) is 0 Å². The van der Waals surface area contributed by atoms with Crippen molar-refractivity contribution in [1.29, 1.82) is 0 Å². The Balaban J connectivity index is 2.29. The Morgan fingerprint density at radius 1 is 1.30 bits per heavy atom. The largest absolute Gasteiger partial charge is 0.451 e. The van der Waals surface area contributed by atoms with Gasteiger partial charge in [-0.2, -0.15) is 13.2 Å². The molecule has 0 saturated carbocycles. The van der Waals surface area contributed by atoms with Crippen LogP contribution in [-0.4, -0.2) is 43.3 Å². The van der Waals surface area contributed by atoms with Gasteiger partial charge in [-0.15, -0.1) is 0 Å². The van der Waals surface area contributed by atoms with Crippen molar-refractivity contribution in [2.24, 2.45) is 0 Å². The monoisotopic (exact) mass is 290 g/mol. The average molecular weight is 290 g/mol. The normalized spacial score (nSPS) is 17.1. The first-order chi connectivity index (χ1) is 9.41. The van der Waals surface area contributed by atoms with Gasteiger partial charge in [0.1, 0.15) is 11.6 Å². The summed E-state index contributed by atoms with van der Waals surface area (Å²) in [6, 6.07) is 1.65. The van der Waals surface area contributed by atoms with Crippen LogP contribution in [0.1, 0.15) is 18.7 Å². The van der Waals surface area contributed by atoms with Crippen LogP contribution in [0.2, 0.25) is 0 Å². The summed E-state index contributed by atoms with van der Waals surface area (Å²) in [5.41, 5.74) is 0. The smallest absolute Gasteiger partial charge is 0.381 e. The summed E-state index contributed by atoms with van der Waals surface area (Å²) >= 11 is 0. The highest BCUT2D eigenvalue weighted by Gasteiger charge is 2.36. The predicted octanol–water partition coefficient (Wildman–Crippen LogP) is 2.15. The Labute approximate surface area is 115 Å². The van der Waals surface area contributed by atoms with Crippen molar-refractivity contribution >= 4 is 11.6 Å². The highest BCUT2D eigenvalue weighted by Crippen LogP contribution is 2.30. The van der Waals surface area contributed by atoms with Gasteiger partial charge in [0.15, 0.2) is 0 Å². The molecule has 5 nitrogen and oxygen atoms in total. The summed E-state index contributed by atoms with van der Waals surface area (Å²) in [5, 5.41) is 2.64. The quantitative estimate of drug-likeness (QED) is 0.924. The van der Waals surface area contributed by atoms with E-state index >= 15 is 0 Å². The maximum absolute atomic E-state index is 12.8. The minimum atomic E-state index is -4.56. The van der Waals surface area contributed by atoms with E-state index in [1.165, 1.54) is 13.1 Å². The van der Waals surface area contributed by atoms with E-state index in [0.29, 0.717) is 13.2 Å². The topological polar surface area (TPSA) is 50.3 Å². The summed E-state index contributed by atoms with van der Waals surface area (Å²) in [5.74, 6) is -0.705. The molecule has 2 heterocycles. The molecule has 0 radical (unpaired) electrons. The van der Waals surface area contributed by atoms with Crippen LogP contribution in [0.3, 0.4) is 0 Å². The average Bonchev–Trinajstić information content (AvgIpc) is 2.46. The molecule has 1 saturated heterocycles. The van der Waals surface area contributed by atoms with Gasteiger partial charge in [-0.3, -0.25) is 0 Å². The van der Waals surface area contributed by atoms with E-state index in [2.05, 4.69) is 15.3 Å². The van der Waals surface area contributed by atoms with Crippen LogP contribution in [0, 0.1) is 0 Å². The third-order valence-electron chi connectivity index (χ3n) is 3.32. The Morgan fingerprint density at radius 2 is 1.95 bits per heavy atom. The van der Waals surface area contributed by atoms with Crippen LogP contribution in [0.5, 0.6) is 0 Å². The highest BCUT2D eigenvalue weighted by molar-refractivity contribution is 5.49. The maximum Gasteiger partial charge on any atom is 0.451 e. The molecule has 2 rings (SSSR count). The lowest BCUT2D eigenvalue weighted by Crippen LogP contribution is -2.37. The zero-order chi connectivity index (χ0) is 14.8. The molecule has 0 aliphatic carbocycles. The molecule has 0 amide bonds. The fraction of sp³-hybridized carbons (Fsp3) is 0.667. The van der Waals surface area contributed by atoms with Crippen LogP contribution in [-0.2, 0) is 10.9 Å². The standard InChI is InChI=1S/C12H17F3N4O/c1-16-9-7-10(18-11(17-9)12(13,14)15)19(2)8-3-5-20-6-4-8/h7-8H,3-6H2,1-2H3,(H,16,17,18). The van der Waals surface area contributed by atoms with Crippen molar-refractivity contribution in [2.45, 2.75) is 25.1 Å². The molecule has 1 fully saturated rings. The van der Waals surface area contributed by atoms with Crippen LogP contribution in [0.15, 0.2) is 6.07 Å². The van der Waals surface area contributed by atoms with Gasteiger partial charge < -0.3 is 15.0 Å². The van der Waals surface area contributed by atoms with Crippen molar-refractivity contribution in [3.8, 4) is 0 Å². The number of alkyl halides is 3. The number of hydrogen-bond acceptors (Lipinski definition) is 5. The van der Waals surface area contributed by atoms with Gasteiger partial charge in [-0.05, 0) is 12.8 Å². The summed E-state index contributed by atoms with van der Waals surface area (Å²) in [7, 11) is 3.28. The Kier molecular flexibility index (Phi) is 4.32. The first-order valence-electron chi connectivity index (χ1n) is 6.36. The molecule has 0 unspecified atom stereocenters. The fourth-order valence-corrected chi connectivity index (χ4v) is 2.13. The third-order valence-corrected chi connectivity index (χ3v) is 3.32. The fourth-order valence-electron chi connectivity index (χ4n) is 2.13. The molecule has 1 aliphatic heterocycles. The zero-order valence-corrected chi connectivity index (χ0v) is 11.4. The maximum atomic E-state index is 12.8. The first-order valence-corrected chi connectivity index (χ1v) is 6.36. The Hall–Kier alpha value is -1.57. The SMILES string of the molecule is CNc1cc(N(C)C2CCOCC2)nc(C(F)(F)F)n1. The Morgan fingerprint density at radius 3 is 2.50 bits per heavy atom. The molecule has 1 aromatic rings. The molecule has 0 spiro atoms. The third kappa shape index (κ3) is 3.30. The number of aromatic nitrogens is 2. The second-order valence-electron chi connectivity index (χ2n) is 4.64. The number of nitrogens with zero attached hydrogens (tertiary/aromatic N) is 3. The number of anilines is 2. The van der Waals surface area contributed by atoms with Gasteiger partial charge in [-0.25, -0.2) is 9.97 Å². The van der Waals surface area contributed by atoms with Gasteiger partial charge >= 0.3 is 6.18 Å². The predicted molar refractivity (Wildman–Crippen MR) is 68.8 cm³/mol. The summed E-state index contributed by atoms with van der Waals surface area (Å²) < 4.78 is 43.7. The van der Waals surface area contributed by atoms with E-state index in [0.717, 1.165) is 12.8 Å². The lowest BCUT2D eigenvalue weighted by Gasteiger charge is -2.32. The van der Waals surface area contributed by atoms with Gasteiger partial charge in [-0.1, -0.05) is 0 Å². The van der Waals surface area contributed by atoms with Crippen molar-refractivity contribution in [1.82, 2.24) is 9.97 Å². The van der Waals surface area contributed by atoms with Gasteiger partial charge in [0.2, 0.25) is 5.82 Å². The number of ether oxygens (including phenoxy) is 1. The molecule has 1 N–H and O–H groups in total. The van der Waals surface area contributed by atoms with E-state index in [1.807, 2.05) is 0 Å². The first kappa shape index (κ1) is 14.8. The molecule has 1 aliphatic rings. The molecule has 8 heteroatoms. The molecule has 112 valence electrons. The van der Waals surface area contributed by atoms with Crippen molar-refractivity contribution in [2.75, 3.05) is 37.5 Å². The molecule has 20 heavy (non-hydrogen) atoms. The molecular formula is C12H17F3N4O. The lowest BCUT2D eigenvalue weighted by atomic mass is 10.1. The summed E-state index contributed by atoms with van der Waals surface area (Å²) in [4.78, 5) is 8.85. The van der Waals surface area contributed by atoms with Crippen molar-refractivity contribution < 1.29 is 17.9 Å². The number of rotatable bonds is 3. The van der Waals surface area contributed by atoms with Crippen molar-refractivity contribution in [3.05, 3.63) is 11.9 Å². The van der Waals surface area contributed by atoms with Gasteiger partial charge in [0.05, 0.1) is 0 Å². The minimum Gasteiger partial charge on any atom is -0.381 e. The van der Waals surface area contributed by atoms with Gasteiger partial charge in [0, 0.05) is 39.4 Å². The van der Waals surface area contributed by atoms with Crippen molar-refractivity contribution in [3.63, 3.8) is 0 Å². The molecular weight excluding hydrogens is 273 g/mol. The molecule has 0 bridgehead atoms. The van der Waals surface area contributed by atoms with Gasteiger partial charge in [0.25, 0.3) is 0 Å². The number of hydrogen-bond donors (Lipinski definition) is 1. The van der Waals surface area contributed by atoms with E-state index < -0.39 is 12.0 Å². The van der Waals surface area contributed by atoms with E-state index in [4.69, 9.17) is 4.74 Å². The summed E-state index contributed by atoms with van der Waals surface area (Å²) in [6.07, 6.45) is -3.01. The second kappa shape index (κ2) is 5.82. The lowest BCUT2D eigenvalue weighted by molar-refractivity contribution is -0.144. The van der Waals surface area contributed by atoms with Crippen LogP contribution < -0.4 is 10.2 Å². The zero-order valence-electron chi connectivity index (χ0n) is 11.4. The molecule has 0 atom stereocenters. The highest BCUT2D eigenvalue weighted by atomic mass is 19.4. The van der Waals surface area contributed by atoms with Crippen LogP contribution in [0.4, 0.5) is 24.8 Å². The van der Waals surface area contributed by atoms with E-state index in [-0.39, 0.29) is 17.7 Å². The Bertz CT molecular complexity index is 461. The molecule has 0 aromatic carbocycles. The summed E-state index contributed by atoms with van der Waals surface area (Å²) in [6.45, 7) is 1.23. The van der Waals surface area contributed by atoms with E-state index in [9.17, 15) is 13.2 Å². The van der Waals surface area contributed by atoms with Crippen LogP contribution >= 0.6 is 0 Å². The minimum absolute atomic E-state index is 0.129. The number of nitrogens with one attached hydrogen (secondary N) is 1.